The van der Waals surface area contributed by atoms with E-state index in [-0.39, 0.29) is 27.3 Å². The first-order valence-corrected chi connectivity index (χ1v) is 8.25. The highest BCUT2D eigenvalue weighted by Gasteiger charge is 2.28. The Morgan fingerprint density at radius 1 is 1.10 bits per heavy atom. The van der Waals surface area contributed by atoms with Crippen LogP contribution in [-0.2, 0) is 10.0 Å². The SMILES string of the molecule is CN1CCCN(S(=O)(=O)c2cccc(Cl)c2Cl)CC1.[Cl-]. The molecule has 0 unspecified atom stereocenters. The van der Waals surface area contributed by atoms with Gasteiger partial charge < -0.3 is 17.3 Å². The Balaban J connectivity index is 0.00000200. The molecule has 1 aromatic carbocycles. The molecule has 1 aromatic rings. The van der Waals surface area contributed by atoms with Gasteiger partial charge in [0, 0.05) is 19.6 Å². The standard InChI is InChI=1S/C12H16Cl2N2O2S.ClH/c1-15-6-3-7-16(9-8-15)19(17,18)11-5-2-4-10(13)12(11)14;/h2,4-5H,3,6-9H2,1H3;1H/p-1. The third-order valence-electron chi connectivity index (χ3n) is 3.21. The second-order valence-corrected chi connectivity index (χ2v) is 7.30. The van der Waals surface area contributed by atoms with Crippen LogP contribution in [0.3, 0.4) is 0 Å². The van der Waals surface area contributed by atoms with Gasteiger partial charge in [0.25, 0.3) is 0 Å². The summed E-state index contributed by atoms with van der Waals surface area (Å²) in [5, 5.41) is 0.358. The molecule has 4 nitrogen and oxygen atoms in total. The van der Waals surface area contributed by atoms with Gasteiger partial charge in [0.05, 0.1) is 10.0 Å². The van der Waals surface area contributed by atoms with E-state index in [2.05, 4.69) is 4.90 Å². The lowest BCUT2D eigenvalue weighted by Crippen LogP contribution is -3.00. The van der Waals surface area contributed by atoms with Gasteiger partial charge in [-0.3, -0.25) is 0 Å². The molecule has 0 aromatic heterocycles. The minimum absolute atomic E-state index is 0. The predicted octanol–water partition coefficient (Wildman–Crippen LogP) is -0.676. The van der Waals surface area contributed by atoms with Gasteiger partial charge in [-0.2, -0.15) is 4.31 Å². The summed E-state index contributed by atoms with van der Waals surface area (Å²) in [6.07, 6.45) is 0.813. The van der Waals surface area contributed by atoms with Gasteiger partial charge in [0.1, 0.15) is 4.90 Å². The summed E-state index contributed by atoms with van der Waals surface area (Å²) in [5.74, 6) is 0. The Bertz CT molecular complexity index is 566. The maximum atomic E-state index is 12.6. The van der Waals surface area contributed by atoms with E-state index in [0.29, 0.717) is 13.1 Å². The molecule has 0 atom stereocenters. The summed E-state index contributed by atoms with van der Waals surface area (Å²) in [6.45, 7) is 2.60. The normalized spacial score (nSPS) is 18.4. The summed E-state index contributed by atoms with van der Waals surface area (Å²) in [6, 6.07) is 4.68. The van der Waals surface area contributed by atoms with Crippen molar-refractivity contribution in [3.05, 3.63) is 28.2 Å². The van der Waals surface area contributed by atoms with Crippen molar-refractivity contribution >= 4 is 33.2 Å². The molecule has 0 spiro atoms. The Morgan fingerprint density at radius 3 is 2.50 bits per heavy atom. The first kappa shape index (κ1) is 18.0. The van der Waals surface area contributed by atoms with Crippen LogP contribution in [0.4, 0.5) is 0 Å². The van der Waals surface area contributed by atoms with Gasteiger partial charge in [0.15, 0.2) is 0 Å². The maximum Gasteiger partial charge on any atom is 0.244 e. The lowest BCUT2D eigenvalue weighted by molar-refractivity contribution is -0.00000635. The van der Waals surface area contributed by atoms with E-state index in [1.165, 1.54) is 10.4 Å². The van der Waals surface area contributed by atoms with Crippen LogP contribution in [-0.4, -0.2) is 50.8 Å². The first-order chi connectivity index (χ1) is 8.93. The molecule has 8 heteroatoms. The van der Waals surface area contributed by atoms with E-state index < -0.39 is 10.0 Å². The predicted molar refractivity (Wildman–Crippen MR) is 77.3 cm³/mol. The number of hydrogen-bond acceptors (Lipinski definition) is 3. The number of benzene rings is 1. The van der Waals surface area contributed by atoms with Crippen molar-refractivity contribution in [1.29, 1.82) is 0 Å². The fraction of sp³-hybridized carbons (Fsp3) is 0.500. The van der Waals surface area contributed by atoms with Crippen LogP contribution >= 0.6 is 23.2 Å². The summed E-state index contributed by atoms with van der Waals surface area (Å²) in [4.78, 5) is 2.21. The molecule has 1 heterocycles. The zero-order chi connectivity index (χ0) is 14.0. The highest BCUT2D eigenvalue weighted by Crippen LogP contribution is 2.31. The number of sulfonamides is 1. The summed E-state index contributed by atoms with van der Waals surface area (Å²) in [7, 11) is -1.58. The summed E-state index contributed by atoms with van der Waals surface area (Å²) >= 11 is 11.9. The number of nitrogens with zero attached hydrogens (tertiary/aromatic N) is 2. The quantitative estimate of drug-likeness (QED) is 0.704. The summed E-state index contributed by atoms with van der Waals surface area (Å²) < 4.78 is 26.6. The van der Waals surface area contributed by atoms with Crippen LogP contribution < -0.4 is 12.4 Å². The zero-order valence-electron chi connectivity index (χ0n) is 11.0. The average Bonchev–Trinajstić information content (AvgIpc) is 2.57. The van der Waals surface area contributed by atoms with Gasteiger partial charge in [-0.1, -0.05) is 29.3 Å². The first-order valence-electron chi connectivity index (χ1n) is 6.05. The van der Waals surface area contributed by atoms with Crippen molar-refractivity contribution in [2.24, 2.45) is 0 Å². The Labute approximate surface area is 136 Å². The molecule has 1 aliphatic heterocycles. The van der Waals surface area contributed by atoms with Gasteiger partial charge in [0.2, 0.25) is 10.0 Å². The van der Waals surface area contributed by atoms with Crippen molar-refractivity contribution in [2.75, 3.05) is 33.2 Å². The largest absolute Gasteiger partial charge is 1.00 e. The zero-order valence-corrected chi connectivity index (χ0v) is 14.1. The van der Waals surface area contributed by atoms with Gasteiger partial charge in [-0.25, -0.2) is 8.42 Å². The second-order valence-electron chi connectivity index (χ2n) is 4.61. The molecule has 0 saturated carbocycles. The van der Waals surface area contributed by atoms with Crippen LogP contribution in [0.2, 0.25) is 10.0 Å². The molecule has 0 bridgehead atoms. The third kappa shape index (κ3) is 3.78. The Kier molecular flexibility index (Phi) is 6.57. The highest BCUT2D eigenvalue weighted by atomic mass is 35.5. The van der Waals surface area contributed by atoms with Crippen molar-refractivity contribution in [2.45, 2.75) is 11.3 Å². The minimum atomic E-state index is -3.57. The molecular weight excluding hydrogens is 343 g/mol. The lowest BCUT2D eigenvalue weighted by atomic mass is 10.4. The van der Waals surface area contributed by atoms with Crippen molar-refractivity contribution in [3.8, 4) is 0 Å². The molecular formula is C12H16Cl3N2O2S-. The van der Waals surface area contributed by atoms with Crippen LogP contribution in [0.5, 0.6) is 0 Å². The van der Waals surface area contributed by atoms with E-state index in [9.17, 15) is 8.42 Å². The van der Waals surface area contributed by atoms with Crippen LogP contribution in [0.25, 0.3) is 0 Å². The topological polar surface area (TPSA) is 40.6 Å². The van der Waals surface area contributed by atoms with E-state index in [1.54, 1.807) is 12.1 Å². The minimum Gasteiger partial charge on any atom is -1.00 e. The van der Waals surface area contributed by atoms with Gasteiger partial charge in [-0.05, 0) is 32.1 Å². The molecule has 20 heavy (non-hydrogen) atoms. The van der Waals surface area contributed by atoms with Crippen LogP contribution in [0, 0.1) is 0 Å². The summed E-state index contributed by atoms with van der Waals surface area (Å²) in [5.41, 5.74) is 0. The maximum absolute atomic E-state index is 12.6. The van der Waals surface area contributed by atoms with Crippen molar-refractivity contribution in [1.82, 2.24) is 9.21 Å². The van der Waals surface area contributed by atoms with E-state index >= 15 is 0 Å². The fourth-order valence-corrected chi connectivity index (χ4v) is 4.29. The second kappa shape index (κ2) is 7.29. The molecule has 114 valence electrons. The molecule has 0 radical (unpaired) electrons. The molecule has 1 aliphatic rings. The Morgan fingerprint density at radius 2 is 1.80 bits per heavy atom. The third-order valence-corrected chi connectivity index (χ3v) is 6.08. The van der Waals surface area contributed by atoms with Crippen LogP contribution in [0.15, 0.2) is 23.1 Å². The van der Waals surface area contributed by atoms with Crippen LogP contribution in [0.1, 0.15) is 6.42 Å². The van der Waals surface area contributed by atoms with Crippen molar-refractivity contribution in [3.63, 3.8) is 0 Å². The molecule has 1 saturated heterocycles. The Hall–Kier alpha value is -0.0400. The number of rotatable bonds is 2. The number of hydrogen-bond donors (Lipinski definition) is 0. The molecule has 0 amide bonds. The van der Waals surface area contributed by atoms with E-state index in [0.717, 1.165) is 19.5 Å². The smallest absolute Gasteiger partial charge is 0.244 e. The lowest BCUT2D eigenvalue weighted by Gasteiger charge is -2.21. The molecule has 2 rings (SSSR count). The number of likely N-dealkylation sites (N-methyl/N-ethyl adjacent to an activating group) is 1. The van der Waals surface area contributed by atoms with Crippen molar-refractivity contribution < 1.29 is 20.8 Å². The van der Waals surface area contributed by atoms with E-state index in [4.69, 9.17) is 23.2 Å². The monoisotopic (exact) mass is 357 g/mol. The number of halogens is 3. The molecule has 0 N–H and O–H groups in total. The van der Waals surface area contributed by atoms with Gasteiger partial charge in [-0.15, -0.1) is 0 Å². The highest BCUT2D eigenvalue weighted by molar-refractivity contribution is 7.89. The molecule has 1 fully saturated rings. The molecule has 0 aliphatic carbocycles. The van der Waals surface area contributed by atoms with E-state index in [1.807, 2.05) is 7.05 Å². The van der Waals surface area contributed by atoms with Gasteiger partial charge >= 0.3 is 0 Å². The average molecular weight is 359 g/mol. The fourth-order valence-electron chi connectivity index (χ4n) is 2.09.